The van der Waals surface area contributed by atoms with Gasteiger partial charge in [0.25, 0.3) is 0 Å². The average Bonchev–Trinajstić information content (AvgIpc) is 3.45. The molecule has 0 saturated carbocycles. The van der Waals surface area contributed by atoms with Gasteiger partial charge in [0.15, 0.2) is 0 Å². The third-order valence-corrected chi connectivity index (χ3v) is 4.98. The number of aromatic nitrogens is 2. The van der Waals surface area contributed by atoms with E-state index in [1.54, 1.807) is 18.2 Å². The van der Waals surface area contributed by atoms with Crippen molar-refractivity contribution < 1.29 is 29.1 Å². The smallest absolute Gasteiger partial charge is 0.465 e. The first-order chi connectivity index (χ1) is 16.2. The molecule has 2 aromatic heterocycles. The van der Waals surface area contributed by atoms with Gasteiger partial charge >= 0.3 is 19.1 Å². The number of benzene rings is 2. The van der Waals surface area contributed by atoms with Crippen LogP contribution in [-0.4, -0.2) is 53.3 Å². The van der Waals surface area contributed by atoms with Crippen molar-refractivity contribution >= 4 is 62.9 Å². The van der Waals surface area contributed by atoms with Gasteiger partial charge in [0.05, 0.1) is 29.9 Å². The van der Waals surface area contributed by atoms with E-state index >= 15 is 0 Å². The highest BCUT2D eigenvalue weighted by atomic mass is 79.9. The number of halogens is 1. The summed E-state index contributed by atoms with van der Waals surface area (Å²) in [5.74, 6) is 0.386. The van der Waals surface area contributed by atoms with Crippen LogP contribution in [0.4, 0.5) is 0 Å². The molecule has 4 N–H and O–H groups in total. The van der Waals surface area contributed by atoms with Crippen LogP contribution in [0.1, 0.15) is 26.4 Å². The number of H-pyrrole nitrogens is 2. The molecule has 4 rings (SSSR count). The minimum Gasteiger partial charge on any atom is -0.465 e. The maximum absolute atomic E-state index is 11.5. The highest BCUT2D eigenvalue weighted by Crippen LogP contribution is 2.23. The average molecular weight is 527 g/mol. The number of hydrogen-bond acceptors (Lipinski definition) is 6. The third-order valence-electron chi connectivity index (χ3n) is 4.56. The fourth-order valence-electron chi connectivity index (χ4n) is 2.98. The summed E-state index contributed by atoms with van der Waals surface area (Å²) in [6.45, 7) is 6.73. The summed E-state index contributed by atoms with van der Waals surface area (Å²) in [7, 11) is 1.40. The van der Waals surface area contributed by atoms with E-state index in [9.17, 15) is 9.59 Å². The number of ether oxygens (including phenoxy) is 2. The van der Waals surface area contributed by atoms with E-state index in [1.807, 2.05) is 36.4 Å². The molecular formula is C24H24BBrN2O6. The van der Waals surface area contributed by atoms with Crippen molar-refractivity contribution in [2.24, 2.45) is 0 Å². The minimum absolute atomic E-state index is 0.317. The minimum atomic E-state index is -1.35. The first-order valence-corrected chi connectivity index (χ1v) is 10.7. The summed E-state index contributed by atoms with van der Waals surface area (Å²) in [4.78, 5) is 29.1. The quantitative estimate of drug-likeness (QED) is 0.229. The molecule has 0 unspecified atom stereocenters. The van der Waals surface area contributed by atoms with Crippen molar-refractivity contribution in [3.05, 3.63) is 89.1 Å². The summed E-state index contributed by atoms with van der Waals surface area (Å²) >= 11 is 3.32. The lowest BCUT2D eigenvalue weighted by atomic mass is 9.94. The van der Waals surface area contributed by atoms with Gasteiger partial charge in [0.1, 0.15) is 0 Å². The van der Waals surface area contributed by atoms with Crippen LogP contribution in [-0.2, 0) is 9.47 Å². The lowest BCUT2D eigenvalue weighted by Crippen LogP contribution is -2.03. The normalized spacial score (nSPS) is 9.79. The Balaban J connectivity index is 0.000000202. The molecule has 0 radical (unpaired) electrons. The second-order valence-corrected chi connectivity index (χ2v) is 7.57. The van der Waals surface area contributed by atoms with Gasteiger partial charge in [-0.1, -0.05) is 24.7 Å². The van der Waals surface area contributed by atoms with Gasteiger partial charge in [-0.2, -0.15) is 0 Å². The van der Waals surface area contributed by atoms with Crippen molar-refractivity contribution in [2.75, 3.05) is 14.2 Å². The molecular weight excluding hydrogens is 503 g/mol. The molecule has 0 aliphatic carbocycles. The van der Waals surface area contributed by atoms with Crippen molar-refractivity contribution in [3.8, 4) is 0 Å². The predicted molar refractivity (Wildman–Crippen MR) is 137 cm³/mol. The van der Waals surface area contributed by atoms with E-state index in [1.165, 1.54) is 14.2 Å². The molecule has 0 atom stereocenters. The molecule has 0 aliphatic rings. The Morgan fingerprint density at radius 3 is 1.82 bits per heavy atom. The SMILES string of the molecule is C=CB(O)O.C=Cc1cc2c(C(=O)OC)cccc2[nH]1.COC(=O)c1cccc2[nH]c(Br)cc12. The maximum Gasteiger partial charge on any atom is 0.480 e. The van der Waals surface area contributed by atoms with E-state index in [2.05, 4.69) is 43.8 Å². The fourth-order valence-corrected chi connectivity index (χ4v) is 3.43. The third kappa shape index (κ3) is 6.71. The lowest BCUT2D eigenvalue weighted by molar-refractivity contribution is 0.0594. The number of rotatable bonds is 4. The first kappa shape index (κ1) is 26.7. The summed E-state index contributed by atoms with van der Waals surface area (Å²) in [6, 6.07) is 14.7. The molecule has 0 bridgehead atoms. The lowest BCUT2D eigenvalue weighted by Gasteiger charge is -1.99. The number of esters is 2. The molecule has 0 saturated heterocycles. The summed E-state index contributed by atoms with van der Waals surface area (Å²) < 4.78 is 10.2. The second kappa shape index (κ2) is 12.6. The Labute approximate surface area is 205 Å². The highest BCUT2D eigenvalue weighted by Gasteiger charge is 2.12. The molecule has 0 amide bonds. The maximum atomic E-state index is 11.5. The van der Waals surface area contributed by atoms with E-state index in [0.717, 1.165) is 38.1 Å². The molecule has 10 heteroatoms. The van der Waals surface area contributed by atoms with Crippen LogP contribution in [0.25, 0.3) is 27.9 Å². The van der Waals surface area contributed by atoms with Crippen LogP contribution in [0.2, 0.25) is 0 Å². The number of fused-ring (bicyclic) bond motifs is 2. The van der Waals surface area contributed by atoms with Crippen LogP contribution in [0.5, 0.6) is 0 Å². The van der Waals surface area contributed by atoms with Crippen LogP contribution >= 0.6 is 15.9 Å². The number of carbonyl (C=O) groups is 2. The first-order valence-electron chi connectivity index (χ1n) is 9.92. The molecule has 0 fully saturated rings. The predicted octanol–water partition coefficient (Wildman–Crippen LogP) is 4.50. The van der Waals surface area contributed by atoms with E-state index in [4.69, 9.17) is 14.8 Å². The Hall–Kier alpha value is -3.60. The van der Waals surface area contributed by atoms with Crippen molar-refractivity contribution in [1.29, 1.82) is 0 Å². The second-order valence-electron chi connectivity index (χ2n) is 6.71. The highest BCUT2D eigenvalue weighted by molar-refractivity contribution is 9.10. The topological polar surface area (TPSA) is 125 Å². The zero-order valence-electron chi connectivity index (χ0n) is 18.7. The molecule has 2 heterocycles. The van der Waals surface area contributed by atoms with E-state index < -0.39 is 7.12 Å². The van der Waals surface area contributed by atoms with Crippen LogP contribution < -0.4 is 0 Å². The fraction of sp³-hybridized carbons (Fsp3) is 0.0833. The number of nitrogens with one attached hydrogen (secondary N) is 2. The van der Waals surface area contributed by atoms with Gasteiger partial charge in [-0.05, 0) is 58.4 Å². The monoisotopic (exact) mass is 526 g/mol. The Morgan fingerprint density at radius 1 is 0.912 bits per heavy atom. The van der Waals surface area contributed by atoms with Crippen LogP contribution in [0.15, 0.2) is 72.3 Å². The molecule has 34 heavy (non-hydrogen) atoms. The summed E-state index contributed by atoms with van der Waals surface area (Å²) in [5.41, 5.74) is 3.86. The molecule has 0 aliphatic heterocycles. The Kier molecular flexibility index (Phi) is 9.87. The summed E-state index contributed by atoms with van der Waals surface area (Å²) in [6.07, 6.45) is 1.71. The van der Waals surface area contributed by atoms with Gasteiger partial charge in [0, 0.05) is 27.5 Å². The molecule has 2 aromatic carbocycles. The zero-order valence-corrected chi connectivity index (χ0v) is 20.3. The zero-order chi connectivity index (χ0) is 25.3. The van der Waals surface area contributed by atoms with Gasteiger partial charge in [-0.15, -0.1) is 6.58 Å². The van der Waals surface area contributed by atoms with Gasteiger partial charge in [-0.25, -0.2) is 9.59 Å². The Bertz CT molecular complexity index is 1310. The Morgan fingerprint density at radius 2 is 1.38 bits per heavy atom. The van der Waals surface area contributed by atoms with Crippen molar-refractivity contribution in [2.45, 2.75) is 0 Å². The van der Waals surface area contributed by atoms with Gasteiger partial charge in [0.2, 0.25) is 0 Å². The molecule has 176 valence electrons. The molecule has 8 nitrogen and oxygen atoms in total. The largest absolute Gasteiger partial charge is 0.480 e. The van der Waals surface area contributed by atoms with Crippen LogP contribution in [0, 0.1) is 0 Å². The standard InChI is InChI=1S/C12H11NO2.C10H8BrNO2.C2H5BO2/c1-3-8-7-10-9(12(14)15-2)5-4-6-11(10)13-8;1-14-10(13)6-3-2-4-8-7(6)5-9(11)12-8;1-2-3(4)5/h3-7,13H,1H2,2H3;2-5,12H,1H3;2,4-5H,1H2. The number of aromatic amines is 2. The number of hydrogen-bond donors (Lipinski definition) is 4. The molecule has 0 spiro atoms. The van der Waals surface area contributed by atoms with Crippen molar-refractivity contribution in [1.82, 2.24) is 9.97 Å². The van der Waals surface area contributed by atoms with Crippen molar-refractivity contribution in [3.63, 3.8) is 0 Å². The molecule has 4 aromatic rings. The van der Waals surface area contributed by atoms with E-state index in [-0.39, 0.29) is 11.9 Å². The summed E-state index contributed by atoms with van der Waals surface area (Å²) in [5, 5.41) is 17.3. The number of methoxy groups -OCH3 is 2. The number of carbonyl (C=O) groups excluding carboxylic acids is 2. The van der Waals surface area contributed by atoms with Gasteiger partial charge in [-0.3, -0.25) is 0 Å². The van der Waals surface area contributed by atoms with Crippen LogP contribution in [0.3, 0.4) is 0 Å². The van der Waals surface area contributed by atoms with E-state index in [0.29, 0.717) is 11.1 Å². The van der Waals surface area contributed by atoms with Gasteiger partial charge < -0.3 is 29.5 Å².